The molecule has 6 nitrogen and oxygen atoms in total. The Kier molecular flexibility index (Phi) is 6.49. The topological polar surface area (TPSA) is 95.1 Å². The summed E-state index contributed by atoms with van der Waals surface area (Å²) in [5, 5.41) is 12.8. The summed E-state index contributed by atoms with van der Waals surface area (Å²) < 4.78 is 0. The third-order valence-corrected chi connectivity index (χ3v) is 4.35. The van der Waals surface area contributed by atoms with Crippen LogP contribution >= 0.6 is 0 Å². The van der Waals surface area contributed by atoms with E-state index < -0.39 is 0 Å². The fourth-order valence-corrected chi connectivity index (χ4v) is 2.60. The number of hydrogen-bond acceptors (Lipinski definition) is 4. The molecular weight excluding hydrogens is 306 g/mol. The highest BCUT2D eigenvalue weighted by Crippen LogP contribution is 2.09. The SMILES string of the molecule is CCC(C)C(CO)NC(=O)CCCc1nc2ccccc2c(=O)[nH]1. The van der Waals surface area contributed by atoms with Crippen LogP contribution in [0.5, 0.6) is 0 Å². The molecule has 0 aliphatic carbocycles. The number of carbonyl (C=O) groups is 1. The molecule has 0 spiro atoms. The monoisotopic (exact) mass is 331 g/mol. The first-order valence-electron chi connectivity index (χ1n) is 8.43. The van der Waals surface area contributed by atoms with E-state index in [0.717, 1.165) is 6.42 Å². The van der Waals surface area contributed by atoms with Gasteiger partial charge in [0.2, 0.25) is 5.91 Å². The van der Waals surface area contributed by atoms with E-state index in [1.807, 2.05) is 19.9 Å². The summed E-state index contributed by atoms with van der Waals surface area (Å²) in [5.74, 6) is 0.738. The van der Waals surface area contributed by atoms with Crippen LogP contribution in [0.15, 0.2) is 29.1 Å². The van der Waals surface area contributed by atoms with Crippen molar-refractivity contribution in [1.29, 1.82) is 0 Å². The van der Waals surface area contributed by atoms with E-state index >= 15 is 0 Å². The van der Waals surface area contributed by atoms with Crippen LogP contribution < -0.4 is 10.9 Å². The molecule has 2 unspecified atom stereocenters. The number of nitrogens with zero attached hydrogens (tertiary/aromatic N) is 1. The average molecular weight is 331 g/mol. The predicted octanol–water partition coefficient (Wildman–Crippen LogP) is 1.77. The fourth-order valence-electron chi connectivity index (χ4n) is 2.60. The van der Waals surface area contributed by atoms with Gasteiger partial charge in [-0.2, -0.15) is 0 Å². The summed E-state index contributed by atoms with van der Waals surface area (Å²) in [5.41, 5.74) is 0.509. The van der Waals surface area contributed by atoms with Gasteiger partial charge in [0.25, 0.3) is 5.56 Å². The molecule has 0 saturated carbocycles. The molecule has 0 aliphatic rings. The van der Waals surface area contributed by atoms with Gasteiger partial charge >= 0.3 is 0 Å². The predicted molar refractivity (Wildman–Crippen MR) is 93.8 cm³/mol. The van der Waals surface area contributed by atoms with Gasteiger partial charge in [-0.3, -0.25) is 9.59 Å². The summed E-state index contributed by atoms with van der Waals surface area (Å²) in [6, 6.07) is 6.98. The Morgan fingerprint density at radius 1 is 1.38 bits per heavy atom. The van der Waals surface area contributed by atoms with E-state index in [0.29, 0.717) is 36.0 Å². The van der Waals surface area contributed by atoms with Crippen LogP contribution in [0.2, 0.25) is 0 Å². The summed E-state index contributed by atoms with van der Waals surface area (Å²) >= 11 is 0. The number of hydrogen-bond donors (Lipinski definition) is 3. The number of H-pyrrole nitrogens is 1. The van der Waals surface area contributed by atoms with Crippen molar-refractivity contribution in [2.24, 2.45) is 5.92 Å². The molecule has 2 atom stereocenters. The van der Waals surface area contributed by atoms with Crippen molar-refractivity contribution < 1.29 is 9.90 Å². The number of fused-ring (bicyclic) bond motifs is 1. The number of aliphatic hydroxyl groups is 1. The molecule has 1 heterocycles. The molecular formula is C18H25N3O3. The van der Waals surface area contributed by atoms with E-state index in [9.17, 15) is 14.7 Å². The number of carbonyl (C=O) groups excluding carboxylic acids is 1. The maximum atomic E-state index is 12.0. The second-order valence-electron chi connectivity index (χ2n) is 6.13. The van der Waals surface area contributed by atoms with Crippen molar-refractivity contribution >= 4 is 16.8 Å². The number of aryl methyl sites for hydroxylation is 1. The highest BCUT2D eigenvalue weighted by atomic mass is 16.3. The molecule has 2 aromatic rings. The van der Waals surface area contributed by atoms with Gasteiger partial charge < -0.3 is 15.4 Å². The van der Waals surface area contributed by atoms with E-state index in [1.165, 1.54) is 0 Å². The number of rotatable bonds is 8. The van der Waals surface area contributed by atoms with Crippen LogP contribution in [0, 0.1) is 5.92 Å². The van der Waals surface area contributed by atoms with E-state index in [4.69, 9.17) is 0 Å². The number of aromatic amines is 1. The summed E-state index contributed by atoms with van der Waals surface area (Å²) in [6.07, 6.45) is 2.35. The van der Waals surface area contributed by atoms with Crippen LogP contribution in [-0.2, 0) is 11.2 Å². The number of benzene rings is 1. The maximum absolute atomic E-state index is 12.0. The minimum absolute atomic E-state index is 0.0553. The Bertz CT molecular complexity index is 742. The molecule has 2 rings (SSSR count). The molecule has 130 valence electrons. The zero-order chi connectivity index (χ0) is 17.5. The molecule has 24 heavy (non-hydrogen) atoms. The molecule has 6 heteroatoms. The summed E-state index contributed by atoms with van der Waals surface area (Å²) in [7, 11) is 0. The van der Waals surface area contributed by atoms with E-state index in [-0.39, 0.29) is 30.0 Å². The highest BCUT2D eigenvalue weighted by molar-refractivity contribution is 5.77. The number of para-hydroxylation sites is 1. The molecule has 0 aliphatic heterocycles. The largest absolute Gasteiger partial charge is 0.394 e. The Hall–Kier alpha value is -2.21. The molecule has 0 saturated heterocycles. The molecule has 0 bridgehead atoms. The molecule has 1 aromatic carbocycles. The molecule has 3 N–H and O–H groups in total. The minimum Gasteiger partial charge on any atom is -0.394 e. The average Bonchev–Trinajstić information content (AvgIpc) is 2.59. The van der Waals surface area contributed by atoms with Gasteiger partial charge in [-0.25, -0.2) is 4.98 Å². The van der Waals surface area contributed by atoms with Crippen molar-refractivity contribution in [3.63, 3.8) is 0 Å². The molecule has 0 fully saturated rings. The maximum Gasteiger partial charge on any atom is 0.258 e. The Morgan fingerprint density at radius 3 is 2.83 bits per heavy atom. The van der Waals surface area contributed by atoms with Crippen molar-refractivity contribution in [3.05, 3.63) is 40.4 Å². The molecule has 1 amide bonds. The van der Waals surface area contributed by atoms with Gasteiger partial charge in [0.15, 0.2) is 0 Å². The van der Waals surface area contributed by atoms with Crippen LogP contribution in [0.3, 0.4) is 0 Å². The van der Waals surface area contributed by atoms with Gasteiger partial charge in [-0.15, -0.1) is 0 Å². The van der Waals surface area contributed by atoms with Crippen LogP contribution in [0.1, 0.15) is 38.9 Å². The smallest absolute Gasteiger partial charge is 0.258 e. The number of amides is 1. The third-order valence-electron chi connectivity index (χ3n) is 4.35. The first kappa shape index (κ1) is 18.1. The highest BCUT2D eigenvalue weighted by Gasteiger charge is 2.17. The van der Waals surface area contributed by atoms with Gasteiger partial charge in [0.1, 0.15) is 5.82 Å². The van der Waals surface area contributed by atoms with Gasteiger partial charge in [0, 0.05) is 12.8 Å². The zero-order valence-corrected chi connectivity index (χ0v) is 14.2. The van der Waals surface area contributed by atoms with Crippen LogP contribution in [0.4, 0.5) is 0 Å². The zero-order valence-electron chi connectivity index (χ0n) is 14.2. The quantitative estimate of drug-likeness (QED) is 0.687. The lowest BCUT2D eigenvalue weighted by Gasteiger charge is -2.22. The second kappa shape index (κ2) is 8.59. The van der Waals surface area contributed by atoms with Crippen molar-refractivity contribution in [3.8, 4) is 0 Å². The fraction of sp³-hybridized carbons (Fsp3) is 0.500. The van der Waals surface area contributed by atoms with Crippen molar-refractivity contribution in [1.82, 2.24) is 15.3 Å². The number of aliphatic hydroxyl groups excluding tert-OH is 1. The lowest BCUT2D eigenvalue weighted by molar-refractivity contribution is -0.122. The minimum atomic E-state index is -0.207. The number of nitrogens with one attached hydrogen (secondary N) is 2. The lowest BCUT2D eigenvalue weighted by Crippen LogP contribution is -2.41. The molecule has 0 radical (unpaired) electrons. The van der Waals surface area contributed by atoms with E-state index in [2.05, 4.69) is 15.3 Å². The molecule has 1 aromatic heterocycles. The van der Waals surface area contributed by atoms with Crippen LogP contribution in [0.25, 0.3) is 10.9 Å². The second-order valence-corrected chi connectivity index (χ2v) is 6.13. The Balaban J connectivity index is 1.90. The van der Waals surface area contributed by atoms with Crippen molar-refractivity contribution in [2.75, 3.05) is 6.61 Å². The normalized spacial score (nSPS) is 13.6. The summed E-state index contributed by atoms with van der Waals surface area (Å²) in [4.78, 5) is 31.2. The lowest BCUT2D eigenvalue weighted by atomic mass is 9.99. The van der Waals surface area contributed by atoms with Crippen molar-refractivity contribution in [2.45, 2.75) is 45.6 Å². The third kappa shape index (κ3) is 4.64. The Morgan fingerprint density at radius 2 is 2.12 bits per heavy atom. The van der Waals surface area contributed by atoms with E-state index in [1.54, 1.807) is 18.2 Å². The standard InChI is InChI=1S/C18H25N3O3/c1-3-12(2)15(11-22)20-17(23)10-6-9-16-19-14-8-5-4-7-13(14)18(24)21-16/h4-5,7-8,12,15,22H,3,6,9-11H2,1-2H3,(H,20,23)(H,19,21,24). The Labute approximate surface area is 141 Å². The summed E-state index contributed by atoms with van der Waals surface area (Å²) in [6.45, 7) is 3.98. The van der Waals surface area contributed by atoms with Gasteiger partial charge in [0.05, 0.1) is 23.6 Å². The number of aromatic nitrogens is 2. The first-order valence-corrected chi connectivity index (χ1v) is 8.43. The van der Waals surface area contributed by atoms with Crippen LogP contribution in [-0.4, -0.2) is 33.6 Å². The van der Waals surface area contributed by atoms with Gasteiger partial charge in [-0.1, -0.05) is 32.4 Å². The first-order chi connectivity index (χ1) is 11.5. The van der Waals surface area contributed by atoms with Gasteiger partial charge in [-0.05, 0) is 24.5 Å².